The molecule has 21 heavy (non-hydrogen) atoms. The number of carboxylic acids is 1. The van der Waals surface area contributed by atoms with Gasteiger partial charge in [0.05, 0.1) is 12.0 Å². The molecule has 1 saturated heterocycles. The van der Waals surface area contributed by atoms with Crippen LogP contribution in [0, 0.1) is 11.8 Å². The fraction of sp³-hybridized carbons (Fsp3) is 0.769. The van der Waals surface area contributed by atoms with E-state index in [1.54, 1.807) is 11.8 Å². The molecular weight excluding hydrogens is 298 g/mol. The van der Waals surface area contributed by atoms with Gasteiger partial charge in [-0.2, -0.15) is 0 Å². The summed E-state index contributed by atoms with van der Waals surface area (Å²) in [5.41, 5.74) is 0. The number of hydrogen-bond donors (Lipinski definition) is 3. The molecule has 1 heterocycles. The molecule has 0 aliphatic carbocycles. The third kappa shape index (κ3) is 6.31. The van der Waals surface area contributed by atoms with Gasteiger partial charge in [-0.1, -0.05) is 13.8 Å². The first-order valence-electron chi connectivity index (χ1n) is 6.86. The van der Waals surface area contributed by atoms with Gasteiger partial charge in [0.25, 0.3) is 0 Å². The molecule has 0 radical (unpaired) electrons. The van der Waals surface area contributed by atoms with Crippen molar-refractivity contribution in [3.8, 4) is 0 Å². The summed E-state index contributed by atoms with van der Waals surface area (Å²) in [6.45, 7) is 6.99. The summed E-state index contributed by atoms with van der Waals surface area (Å²) in [6.07, 6.45) is 0.534. The Morgan fingerprint density at radius 2 is 1.90 bits per heavy atom. The molecule has 1 rings (SSSR count). The Labute approximate surface area is 130 Å². The first-order chi connectivity index (χ1) is 9.31. The Kier molecular flexibility index (Phi) is 8.27. The first-order valence-corrected chi connectivity index (χ1v) is 6.86. The number of carboxylic acid groups (broad SMARTS) is 1. The van der Waals surface area contributed by atoms with Crippen molar-refractivity contribution >= 4 is 30.3 Å². The first kappa shape index (κ1) is 19.7. The summed E-state index contributed by atoms with van der Waals surface area (Å²) in [5.74, 6) is -1.37. The fourth-order valence-electron chi connectivity index (χ4n) is 2.06. The molecule has 3 amide bonds. The van der Waals surface area contributed by atoms with E-state index >= 15 is 0 Å². The SMILES string of the molecule is CC(C)CNC(=O)NC(=O)C(C)N1CCC(C(=O)O)C1.Cl. The zero-order valence-electron chi connectivity index (χ0n) is 12.6. The molecule has 0 saturated carbocycles. The maximum Gasteiger partial charge on any atom is 0.321 e. The topological polar surface area (TPSA) is 98.7 Å². The largest absolute Gasteiger partial charge is 0.481 e. The van der Waals surface area contributed by atoms with Gasteiger partial charge in [-0.25, -0.2) is 4.79 Å². The zero-order valence-corrected chi connectivity index (χ0v) is 13.4. The quantitative estimate of drug-likeness (QED) is 0.692. The average molecular weight is 322 g/mol. The number of hydrogen-bond acceptors (Lipinski definition) is 4. The minimum Gasteiger partial charge on any atom is -0.481 e. The van der Waals surface area contributed by atoms with Gasteiger partial charge in [-0.3, -0.25) is 19.8 Å². The maximum absolute atomic E-state index is 11.9. The van der Waals surface area contributed by atoms with E-state index in [0.29, 0.717) is 32.0 Å². The lowest BCUT2D eigenvalue weighted by Crippen LogP contribution is -2.49. The number of halogens is 1. The van der Waals surface area contributed by atoms with Gasteiger partial charge in [0.1, 0.15) is 0 Å². The lowest BCUT2D eigenvalue weighted by Gasteiger charge is -2.22. The number of rotatable bonds is 5. The molecule has 0 bridgehead atoms. The smallest absolute Gasteiger partial charge is 0.321 e. The van der Waals surface area contributed by atoms with E-state index in [1.165, 1.54) is 0 Å². The third-order valence-electron chi connectivity index (χ3n) is 3.40. The van der Waals surface area contributed by atoms with Gasteiger partial charge in [0, 0.05) is 13.1 Å². The van der Waals surface area contributed by atoms with Crippen molar-refractivity contribution in [2.24, 2.45) is 11.8 Å². The normalized spacial score (nSPS) is 19.7. The Bertz CT molecular complexity index is 390. The minimum atomic E-state index is -0.838. The highest BCUT2D eigenvalue weighted by atomic mass is 35.5. The van der Waals surface area contributed by atoms with Gasteiger partial charge in [0.15, 0.2) is 0 Å². The molecule has 8 heteroatoms. The number of carbonyl (C=O) groups is 3. The molecule has 0 aromatic rings. The fourth-order valence-corrected chi connectivity index (χ4v) is 2.06. The molecule has 1 fully saturated rings. The summed E-state index contributed by atoms with van der Waals surface area (Å²) >= 11 is 0. The molecule has 3 N–H and O–H groups in total. The van der Waals surface area contributed by atoms with Crippen molar-refractivity contribution in [1.29, 1.82) is 0 Å². The summed E-state index contributed by atoms with van der Waals surface area (Å²) < 4.78 is 0. The zero-order chi connectivity index (χ0) is 15.3. The van der Waals surface area contributed by atoms with Crippen LogP contribution in [-0.4, -0.2) is 53.6 Å². The summed E-state index contributed by atoms with van der Waals surface area (Å²) in [5, 5.41) is 13.8. The van der Waals surface area contributed by atoms with Crippen molar-refractivity contribution in [2.75, 3.05) is 19.6 Å². The van der Waals surface area contributed by atoms with Crippen molar-refractivity contribution in [1.82, 2.24) is 15.5 Å². The van der Waals surface area contributed by atoms with E-state index in [9.17, 15) is 14.4 Å². The molecule has 2 atom stereocenters. The number of likely N-dealkylation sites (tertiary alicyclic amines) is 1. The van der Waals surface area contributed by atoms with Crippen molar-refractivity contribution in [3.05, 3.63) is 0 Å². The van der Waals surface area contributed by atoms with Gasteiger partial charge in [-0.15, -0.1) is 12.4 Å². The van der Waals surface area contributed by atoms with E-state index in [4.69, 9.17) is 5.11 Å². The lowest BCUT2D eigenvalue weighted by atomic mass is 10.1. The number of imide groups is 1. The second-order valence-corrected chi connectivity index (χ2v) is 5.59. The Morgan fingerprint density at radius 3 is 2.38 bits per heavy atom. The standard InChI is InChI=1S/C13H23N3O4.ClH/c1-8(2)6-14-13(20)15-11(17)9(3)16-5-4-10(7-16)12(18)19;/h8-10H,4-7H2,1-3H3,(H,18,19)(H2,14,15,17,20);1H. The Morgan fingerprint density at radius 1 is 1.29 bits per heavy atom. The Hall–Kier alpha value is -1.34. The molecule has 1 aliphatic heterocycles. The summed E-state index contributed by atoms with van der Waals surface area (Å²) in [4.78, 5) is 36.1. The van der Waals surface area contributed by atoms with Crippen LogP contribution in [0.2, 0.25) is 0 Å². The predicted octanol–water partition coefficient (Wildman–Crippen LogP) is 0.685. The van der Waals surface area contributed by atoms with E-state index in [-0.39, 0.29) is 12.4 Å². The van der Waals surface area contributed by atoms with Crippen LogP contribution in [0.1, 0.15) is 27.2 Å². The number of amides is 3. The molecule has 122 valence electrons. The van der Waals surface area contributed by atoms with Crippen molar-refractivity contribution in [2.45, 2.75) is 33.2 Å². The van der Waals surface area contributed by atoms with Crippen molar-refractivity contribution in [3.63, 3.8) is 0 Å². The highest BCUT2D eigenvalue weighted by molar-refractivity contribution is 5.96. The number of nitrogens with zero attached hydrogens (tertiary/aromatic N) is 1. The maximum atomic E-state index is 11.9. The van der Waals surface area contributed by atoms with Gasteiger partial charge >= 0.3 is 12.0 Å². The number of urea groups is 1. The van der Waals surface area contributed by atoms with Gasteiger partial charge in [0.2, 0.25) is 5.91 Å². The molecule has 7 nitrogen and oxygen atoms in total. The van der Waals surface area contributed by atoms with Crippen LogP contribution in [0.25, 0.3) is 0 Å². The highest BCUT2D eigenvalue weighted by Gasteiger charge is 2.33. The highest BCUT2D eigenvalue weighted by Crippen LogP contribution is 2.18. The summed E-state index contributed by atoms with van der Waals surface area (Å²) in [7, 11) is 0. The molecule has 0 aromatic carbocycles. The number of carbonyl (C=O) groups excluding carboxylic acids is 2. The van der Waals surface area contributed by atoms with Crippen LogP contribution in [0.15, 0.2) is 0 Å². The summed E-state index contributed by atoms with van der Waals surface area (Å²) in [6, 6.07) is -1.02. The molecule has 2 unspecified atom stereocenters. The van der Waals surface area contributed by atoms with E-state index < -0.39 is 29.9 Å². The van der Waals surface area contributed by atoms with E-state index in [2.05, 4.69) is 10.6 Å². The van der Waals surface area contributed by atoms with Crippen LogP contribution in [0.3, 0.4) is 0 Å². The van der Waals surface area contributed by atoms with Crippen LogP contribution < -0.4 is 10.6 Å². The van der Waals surface area contributed by atoms with Crippen LogP contribution in [0.5, 0.6) is 0 Å². The molecule has 1 aliphatic rings. The van der Waals surface area contributed by atoms with Gasteiger partial charge in [-0.05, 0) is 25.8 Å². The number of nitrogens with one attached hydrogen (secondary N) is 2. The van der Waals surface area contributed by atoms with Crippen LogP contribution in [-0.2, 0) is 9.59 Å². The monoisotopic (exact) mass is 321 g/mol. The lowest BCUT2D eigenvalue weighted by molar-refractivity contribution is -0.141. The van der Waals surface area contributed by atoms with E-state index in [0.717, 1.165) is 0 Å². The second kappa shape index (κ2) is 8.84. The van der Waals surface area contributed by atoms with Gasteiger partial charge < -0.3 is 10.4 Å². The van der Waals surface area contributed by atoms with Crippen LogP contribution >= 0.6 is 12.4 Å². The predicted molar refractivity (Wildman–Crippen MR) is 80.4 cm³/mol. The second-order valence-electron chi connectivity index (χ2n) is 5.59. The Balaban J connectivity index is 0.00000400. The van der Waals surface area contributed by atoms with E-state index in [1.807, 2.05) is 13.8 Å². The average Bonchev–Trinajstić information content (AvgIpc) is 2.85. The molecule has 0 aromatic heterocycles. The number of aliphatic carboxylic acids is 1. The van der Waals surface area contributed by atoms with Crippen LogP contribution in [0.4, 0.5) is 4.79 Å². The molecule has 0 spiro atoms. The minimum absolute atomic E-state index is 0. The third-order valence-corrected chi connectivity index (χ3v) is 3.40. The van der Waals surface area contributed by atoms with Crippen molar-refractivity contribution < 1.29 is 19.5 Å². The molecular formula is C13H24ClN3O4.